The second-order valence-electron chi connectivity index (χ2n) is 1.97. The maximum atomic E-state index is 9.08. The first-order valence-electron chi connectivity index (χ1n) is 3.00. The van der Waals surface area contributed by atoms with Gasteiger partial charge in [0.25, 0.3) is 0 Å². The van der Waals surface area contributed by atoms with Crippen LogP contribution in [0.4, 0.5) is 0 Å². The van der Waals surface area contributed by atoms with E-state index in [9.17, 15) is 0 Å². The number of aliphatic hydroxyl groups excluding tert-OH is 2. The number of hydrogen-bond donors (Lipinski definition) is 2. The molecule has 1 aromatic heterocycles. The second kappa shape index (κ2) is 3.75. The molecular formula is C6H7BrN2O2. The summed E-state index contributed by atoms with van der Waals surface area (Å²) in [6.07, 6.45) is 1.97. The molecule has 4 nitrogen and oxygen atoms in total. The van der Waals surface area contributed by atoms with Gasteiger partial charge in [0, 0.05) is 0 Å². The molecular weight excluding hydrogens is 212 g/mol. The fourth-order valence-electron chi connectivity index (χ4n) is 0.610. The van der Waals surface area contributed by atoms with E-state index in [1.165, 1.54) is 12.4 Å². The van der Waals surface area contributed by atoms with Crippen molar-refractivity contribution in [2.45, 2.75) is 6.10 Å². The third-order valence-corrected chi connectivity index (χ3v) is 1.52. The highest BCUT2D eigenvalue weighted by Gasteiger charge is 2.07. The Kier molecular flexibility index (Phi) is 2.92. The molecule has 0 fully saturated rings. The third-order valence-electron chi connectivity index (χ3n) is 1.14. The normalized spacial score (nSPS) is 13.0. The lowest BCUT2D eigenvalue weighted by Gasteiger charge is -2.04. The van der Waals surface area contributed by atoms with Gasteiger partial charge in [-0.1, -0.05) is 0 Å². The van der Waals surface area contributed by atoms with Crippen molar-refractivity contribution in [3.63, 3.8) is 0 Å². The Balaban J connectivity index is 2.86. The molecule has 0 saturated heterocycles. The van der Waals surface area contributed by atoms with Gasteiger partial charge in [-0.2, -0.15) is 0 Å². The molecule has 1 atom stereocenters. The number of aliphatic hydroxyl groups is 2. The Bertz CT molecular complexity index is 244. The van der Waals surface area contributed by atoms with Gasteiger partial charge in [0.1, 0.15) is 10.7 Å². The molecule has 0 aromatic carbocycles. The molecule has 0 aliphatic rings. The van der Waals surface area contributed by atoms with Crippen LogP contribution in [0.5, 0.6) is 0 Å². The maximum absolute atomic E-state index is 9.08. The molecule has 5 heteroatoms. The number of halogens is 1. The predicted molar refractivity (Wildman–Crippen MR) is 41.8 cm³/mol. The molecule has 0 spiro atoms. The van der Waals surface area contributed by atoms with E-state index in [1.807, 2.05) is 0 Å². The van der Waals surface area contributed by atoms with E-state index in [-0.39, 0.29) is 6.61 Å². The highest BCUT2D eigenvalue weighted by Crippen LogP contribution is 2.10. The topological polar surface area (TPSA) is 66.2 Å². The lowest BCUT2D eigenvalue weighted by atomic mass is 10.3. The van der Waals surface area contributed by atoms with Crippen LogP contribution in [-0.4, -0.2) is 26.8 Å². The van der Waals surface area contributed by atoms with E-state index in [0.29, 0.717) is 10.3 Å². The van der Waals surface area contributed by atoms with Crippen LogP contribution in [0.3, 0.4) is 0 Å². The minimum absolute atomic E-state index is 0.342. The van der Waals surface area contributed by atoms with Crippen molar-refractivity contribution in [2.24, 2.45) is 0 Å². The zero-order valence-corrected chi connectivity index (χ0v) is 7.19. The number of hydrogen-bond acceptors (Lipinski definition) is 4. The largest absolute Gasteiger partial charge is 0.393 e. The summed E-state index contributed by atoms with van der Waals surface area (Å²) in [6.45, 7) is -0.342. The Morgan fingerprint density at radius 3 is 2.82 bits per heavy atom. The van der Waals surface area contributed by atoms with Crippen LogP contribution in [0.15, 0.2) is 17.0 Å². The average molecular weight is 219 g/mol. The summed E-state index contributed by atoms with van der Waals surface area (Å²) >= 11 is 3.09. The van der Waals surface area contributed by atoms with Gasteiger partial charge in [-0.3, -0.25) is 4.98 Å². The summed E-state index contributed by atoms with van der Waals surface area (Å²) in [4.78, 5) is 7.66. The van der Waals surface area contributed by atoms with Crippen molar-refractivity contribution in [3.8, 4) is 0 Å². The number of aromatic nitrogens is 2. The third kappa shape index (κ3) is 2.21. The summed E-state index contributed by atoms with van der Waals surface area (Å²) in [6, 6.07) is 0. The molecule has 0 amide bonds. The summed E-state index contributed by atoms with van der Waals surface area (Å²) in [7, 11) is 0. The van der Waals surface area contributed by atoms with Crippen LogP contribution < -0.4 is 0 Å². The minimum Gasteiger partial charge on any atom is -0.393 e. The van der Waals surface area contributed by atoms with Crippen molar-refractivity contribution < 1.29 is 10.2 Å². The molecule has 1 unspecified atom stereocenters. The molecule has 1 aromatic rings. The molecule has 0 bridgehead atoms. The molecule has 0 aliphatic carbocycles. The minimum atomic E-state index is -0.944. The first-order valence-corrected chi connectivity index (χ1v) is 3.79. The summed E-state index contributed by atoms with van der Waals surface area (Å²) in [5.74, 6) is 0. The van der Waals surface area contributed by atoms with Crippen LogP contribution in [-0.2, 0) is 0 Å². The average Bonchev–Trinajstić information content (AvgIpc) is 2.03. The highest BCUT2D eigenvalue weighted by molar-refractivity contribution is 9.10. The predicted octanol–water partition coefficient (Wildman–Crippen LogP) is 0.265. The maximum Gasteiger partial charge on any atom is 0.124 e. The van der Waals surface area contributed by atoms with Gasteiger partial charge in [0.2, 0.25) is 0 Å². The van der Waals surface area contributed by atoms with Gasteiger partial charge < -0.3 is 10.2 Å². The Morgan fingerprint density at radius 2 is 2.27 bits per heavy atom. The van der Waals surface area contributed by atoms with Crippen LogP contribution in [0, 0.1) is 0 Å². The van der Waals surface area contributed by atoms with Crippen molar-refractivity contribution >= 4 is 15.9 Å². The van der Waals surface area contributed by atoms with Crippen molar-refractivity contribution in [3.05, 3.63) is 22.7 Å². The molecule has 0 aliphatic heterocycles. The summed E-state index contributed by atoms with van der Waals surface area (Å²) < 4.78 is 0.544. The lowest BCUT2D eigenvalue weighted by Crippen LogP contribution is -2.05. The molecule has 0 radical (unpaired) electrons. The van der Waals surface area contributed by atoms with Crippen molar-refractivity contribution in [1.82, 2.24) is 9.97 Å². The standard InChI is InChI=1S/C6H7BrN2O2/c7-6-2-8-1-4(9-6)5(11)3-10/h1-2,5,10-11H,3H2. The van der Waals surface area contributed by atoms with Gasteiger partial charge in [0.05, 0.1) is 24.7 Å². The van der Waals surface area contributed by atoms with E-state index in [0.717, 1.165) is 0 Å². The molecule has 1 rings (SSSR count). The smallest absolute Gasteiger partial charge is 0.124 e. The van der Waals surface area contributed by atoms with Crippen molar-refractivity contribution in [1.29, 1.82) is 0 Å². The second-order valence-corrected chi connectivity index (χ2v) is 2.78. The Hall–Kier alpha value is -0.520. The fraction of sp³-hybridized carbons (Fsp3) is 0.333. The fourth-order valence-corrected chi connectivity index (χ4v) is 0.933. The van der Waals surface area contributed by atoms with Crippen LogP contribution in [0.2, 0.25) is 0 Å². The quantitative estimate of drug-likeness (QED) is 0.748. The van der Waals surface area contributed by atoms with Gasteiger partial charge >= 0.3 is 0 Å². The lowest BCUT2D eigenvalue weighted by molar-refractivity contribution is 0.0918. The summed E-state index contributed by atoms with van der Waals surface area (Å²) in [5, 5.41) is 17.6. The van der Waals surface area contributed by atoms with Gasteiger partial charge in [-0.25, -0.2) is 4.98 Å². The van der Waals surface area contributed by atoms with Gasteiger partial charge in [-0.05, 0) is 15.9 Å². The molecule has 1 heterocycles. The summed E-state index contributed by atoms with van der Waals surface area (Å²) in [5.41, 5.74) is 0.363. The van der Waals surface area contributed by atoms with Crippen molar-refractivity contribution in [2.75, 3.05) is 6.61 Å². The molecule has 0 saturated carbocycles. The van der Waals surface area contributed by atoms with E-state index in [4.69, 9.17) is 10.2 Å². The number of nitrogens with zero attached hydrogens (tertiary/aromatic N) is 2. The Labute approximate surface area is 72.1 Å². The monoisotopic (exact) mass is 218 g/mol. The van der Waals surface area contributed by atoms with E-state index in [2.05, 4.69) is 25.9 Å². The Morgan fingerprint density at radius 1 is 1.55 bits per heavy atom. The van der Waals surface area contributed by atoms with E-state index in [1.54, 1.807) is 0 Å². The molecule has 2 N–H and O–H groups in total. The zero-order valence-electron chi connectivity index (χ0n) is 5.61. The molecule has 60 valence electrons. The van der Waals surface area contributed by atoms with E-state index < -0.39 is 6.10 Å². The number of rotatable bonds is 2. The molecule has 11 heavy (non-hydrogen) atoms. The first-order chi connectivity index (χ1) is 5.24. The van der Waals surface area contributed by atoms with Crippen LogP contribution >= 0.6 is 15.9 Å². The van der Waals surface area contributed by atoms with Crippen LogP contribution in [0.25, 0.3) is 0 Å². The highest BCUT2D eigenvalue weighted by atomic mass is 79.9. The first kappa shape index (κ1) is 8.58. The zero-order chi connectivity index (χ0) is 8.27. The van der Waals surface area contributed by atoms with Crippen LogP contribution in [0.1, 0.15) is 11.8 Å². The van der Waals surface area contributed by atoms with Gasteiger partial charge in [-0.15, -0.1) is 0 Å². The SMILES string of the molecule is OCC(O)c1cncc(Br)n1. The van der Waals surface area contributed by atoms with E-state index >= 15 is 0 Å². The van der Waals surface area contributed by atoms with Gasteiger partial charge in [0.15, 0.2) is 0 Å².